The Bertz CT molecular complexity index is 752. The van der Waals surface area contributed by atoms with Crippen LogP contribution >= 0.6 is 11.8 Å². The number of carbonyl (C=O) groups is 1. The Labute approximate surface area is 169 Å². The number of nitrogens with zero attached hydrogens (tertiary/aromatic N) is 1. The van der Waals surface area contributed by atoms with Crippen LogP contribution in [0.1, 0.15) is 35.2 Å². The van der Waals surface area contributed by atoms with Gasteiger partial charge in [-0.1, -0.05) is 12.1 Å². The zero-order chi connectivity index (χ0) is 19.6. The van der Waals surface area contributed by atoms with Crippen LogP contribution in [0.3, 0.4) is 0 Å². The lowest BCUT2D eigenvalue weighted by atomic mass is 10.2. The molecule has 1 aromatic heterocycles. The average molecular weight is 405 g/mol. The largest absolute Gasteiger partial charge is 0.379 e. The molecule has 0 spiro atoms. The van der Waals surface area contributed by atoms with Gasteiger partial charge in [-0.15, -0.1) is 11.8 Å². The maximum atomic E-state index is 13.0. The summed E-state index contributed by atoms with van der Waals surface area (Å²) in [6.07, 6.45) is 4.82. The van der Waals surface area contributed by atoms with Crippen LogP contribution in [0.5, 0.6) is 0 Å². The smallest absolute Gasteiger partial charge is 0.254 e. The first kappa shape index (κ1) is 20.8. The van der Waals surface area contributed by atoms with Crippen molar-refractivity contribution >= 4 is 17.7 Å². The molecule has 1 amide bonds. The summed E-state index contributed by atoms with van der Waals surface area (Å²) in [4.78, 5) is 16.8. The van der Waals surface area contributed by atoms with Crippen molar-refractivity contribution in [3.8, 4) is 0 Å². The number of benzene rings is 1. The summed E-state index contributed by atoms with van der Waals surface area (Å²) in [5.74, 6) is 0.217. The summed E-state index contributed by atoms with van der Waals surface area (Å²) in [6.45, 7) is 2.60. The molecule has 0 aliphatic carbocycles. The van der Waals surface area contributed by atoms with Gasteiger partial charge in [0.15, 0.2) is 0 Å². The molecular weight excluding hydrogens is 379 g/mol. The monoisotopic (exact) mass is 404 g/mol. The Hall–Kier alpha value is -1.96. The molecular formula is C21H25FN2O3S. The maximum Gasteiger partial charge on any atom is 0.254 e. The molecule has 3 rings (SSSR count). The van der Waals surface area contributed by atoms with Crippen molar-refractivity contribution in [1.82, 2.24) is 10.3 Å². The number of rotatable bonds is 10. The van der Waals surface area contributed by atoms with E-state index in [4.69, 9.17) is 9.47 Å². The highest BCUT2D eigenvalue weighted by Gasteiger charge is 2.15. The SMILES string of the molecule is O=C(NCCCOCC1CCCO1)c1cccnc1SCc1ccc(F)cc1. The van der Waals surface area contributed by atoms with E-state index in [9.17, 15) is 9.18 Å². The molecule has 2 aromatic rings. The summed E-state index contributed by atoms with van der Waals surface area (Å²) < 4.78 is 24.1. The predicted molar refractivity (Wildman–Crippen MR) is 107 cm³/mol. The fourth-order valence-corrected chi connectivity index (χ4v) is 3.82. The standard InChI is InChI=1S/C21H25FN2O3S/c22-17-8-6-16(7-9-17)15-28-21-19(5-1-10-24-21)20(25)23-11-3-12-26-14-18-4-2-13-27-18/h1,5-10,18H,2-4,11-15H2,(H,23,25). The first-order valence-electron chi connectivity index (χ1n) is 9.52. The minimum absolute atomic E-state index is 0.145. The van der Waals surface area contributed by atoms with E-state index in [1.165, 1.54) is 23.9 Å². The minimum Gasteiger partial charge on any atom is -0.379 e. The molecule has 1 saturated heterocycles. The van der Waals surface area contributed by atoms with Crippen molar-refractivity contribution in [2.24, 2.45) is 0 Å². The highest BCUT2D eigenvalue weighted by Crippen LogP contribution is 2.24. The van der Waals surface area contributed by atoms with Gasteiger partial charge in [0.05, 0.1) is 18.3 Å². The van der Waals surface area contributed by atoms with Crippen LogP contribution in [0.25, 0.3) is 0 Å². The number of carbonyl (C=O) groups excluding carboxylic acids is 1. The quantitative estimate of drug-likeness (QED) is 0.482. The Morgan fingerprint density at radius 3 is 2.96 bits per heavy atom. The second-order valence-electron chi connectivity index (χ2n) is 6.59. The fraction of sp³-hybridized carbons (Fsp3) is 0.429. The van der Waals surface area contributed by atoms with Gasteiger partial charge in [0, 0.05) is 31.7 Å². The third-order valence-electron chi connectivity index (χ3n) is 4.38. The fourth-order valence-electron chi connectivity index (χ4n) is 2.87. The van der Waals surface area contributed by atoms with E-state index in [1.54, 1.807) is 30.5 Å². The molecule has 0 saturated carbocycles. The van der Waals surface area contributed by atoms with Crippen molar-refractivity contribution in [3.63, 3.8) is 0 Å². The zero-order valence-electron chi connectivity index (χ0n) is 15.7. The van der Waals surface area contributed by atoms with Crippen LogP contribution in [0, 0.1) is 5.82 Å². The summed E-state index contributed by atoms with van der Waals surface area (Å²) in [5, 5.41) is 3.59. The van der Waals surface area contributed by atoms with E-state index in [1.807, 2.05) is 0 Å². The first-order valence-corrected chi connectivity index (χ1v) is 10.5. The summed E-state index contributed by atoms with van der Waals surface area (Å²) in [5.41, 5.74) is 1.53. The number of aromatic nitrogens is 1. The van der Waals surface area contributed by atoms with Crippen molar-refractivity contribution in [2.75, 3.05) is 26.4 Å². The molecule has 0 bridgehead atoms. The Morgan fingerprint density at radius 2 is 2.18 bits per heavy atom. The number of amides is 1. The molecule has 1 unspecified atom stereocenters. The molecule has 2 heterocycles. The van der Waals surface area contributed by atoms with Crippen molar-refractivity contribution in [2.45, 2.75) is 36.1 Å². The molecule has 1 N–H and O–H groups in total. The molecule has 0 radical (unpaired) electrons. The van der Waals surface area contributed by atoms with Crippen molar-refractivity contribution < 1.29 is 18.7 Å². The van der Waals surface area contributed by atoms with Gasteiger partial charge in [-0.05, 0) is 49.1 Å². The van der Waals surface area contributed by atoms with Crippen LogP contribution in [0.2, 0.25) is 0 Å². The van der Waals surface area contributed by atoms with E-state index in [0.29, 0.717) is 36.1 Å². The van der Waals surface area contributed by atoms with E-state index >= 15 is 0 Å². The number of hydrogen-bond donors (Lipinski definition) is 1. The number of ether oxygens (including phenoxy) is 2. The Balaban J connectivity index is 1.41. The number of nitrogens with one attached hydrogen (secondary N) is 1. The van der Waals surface area contributed by atoms with E-state index in [-0.39, 0.29) is 17.8 Å². The number of pyridine rings is 1. The molecule has 28 heavy (non-hydrogen) atoms. The van der Waals surface area contributed by atoms with Gasteiger partial charge in [0.2, 0.25) is 0 Å². The van der Waals surface area contributed by atoms with E-state index in [2.05, 4.69) is 10.3 Å². The van der Waals surface area contributed by atoms with E-state index < -0.39 is 0 Å². The number of hydrogen-bond acceptors (Lipinski definition) is 5. The average Bonchev–Trinajstić information content (AvgIpc) is 3.24. The lowest BCUT2D eigenvalue weighted by Gasteiger charge is -2.11. The topological polar surface area (TPSA) is 60.5 Å². The maximum absolute atomic E-state index is 13.0. The second-order valence-corrected chi connectivity index (χ2v) is 7.55. The van der Waals surface area contributed by atoms with Crippen LogP contribution < -0.4 is 5.32 Å². The minimum atomic E-state index is -0.258. The molecule has 1 fully saturated rings. The summed E-state index contributed by atoms with van der Waals surface area (Å²) in [6, 6.07) is 9.86. The molecule has 1 atom stereocenters. The van der Waals surface area contributed by atoms with Crippen LogP contribution in [-0.4, -0.2) is 43.4 Å². The second kappa shape index (κ2) is 11.1. The van der Waals surface area contributed by atoms with Crippen molar-refractivity contribution in [3.05, 3.63) is 59.5 Å². The Morgan fingerprint density at radius 1 is 1.32 bits per heavy atom. The highest BCUT2D eigenvalue weighted by molar-refractivity contribution is 7.98. The predicted octanol–water partition coefficient (Wildman–Crippen LogP) is 3.83. The third-order valence-corrected chi connectivity index (χ3v) is 5.46. The number of halogens is 1. The number of thioether (sulfide) groups is 1. The lowest BCUT2D eigenvalue weighted by Crippen LogP contribution is -2.26. The van der Waals surface area contributed by atoms with Gasteiger partial charge in [-0.3, -0.25) is 4.79 Å². The van der Waals surface area contributed by atoms with Gasteiger partial charge in [-0.2, -0.15) is 0 Å². The van der Waals surface area contributed by atoms with Gasteiger partial charge in [0.1, 0.15) is 10.8 Å². The van der Waals surface area contributed by atoms with Crippen LogP contribution in [0.4, 0.5) is 4.39 Å². The van der Waals surface area contributed by atoms with Crippen LogP contribution in [-0.2, 0) is 15.2 Å². The van der Waals surface area contributed by atoms with E-state index in [0.717, 1.165) is 31.4 Å². The van der Waals surface area contributed by atoms with Gasteiger partial charge in [-0.25, -0.2) is 9.37 Å². The molecule has 5 nitrogen and oxygen atoms in total. The molecule has 1 aromatic carbocycles. The normalized spacial score (nSPS) is 16.2. The highest BCUT2D eigenvalue weighted by atomic mass is 32.2. The van der Waals surface area contributed by atoms with Gasteiger partial charge >= 0.3 is 0 Å². The first-order chi connectivity index (χ1) is 13.7. The summed E-state index contributed by atoms with van der Waals surface area (Å²) in [7, 11) is 0. The zero-order valence-corrected chi connectivity index (χ0v) is 16.6. The molecule has 1 aliphatic heterocycles. The van der Waals surface area contributed by atoms with Gasteiger partial charge < -0.3 is 14.8 Å². The van der Waals surface area contributed by atoms with Crippen molar-refractivity contribution in [1.29, 1.82) is 0 Å². The molecule has 7 heteroatoms. The van der Waals surface area contributed by atoms with Gasteiger partial charge in [0.25, 0.3) is 5.91 Å². The summed E-state index contributed by atoms with van der Waals surface area (Å²) >= 11 is 1.46. The third kappa shape index (κ3) is 6.58. The lowest BCUT2D eigenvalue weighted by molar-refractivity contribution is 0.0166. The molecule has 1 aliphatic rings. The van der Waals surface area contributed by atoms with Crippen LogP contribution in [0.15, 0.2) is 47.6 Å². The Kier molecular flexibility index (Phi) is 8.26. The molecule has 150 valence electrons.